The molecule has 2 rings (SSSR count). The monoisotopic (exact) mass is 527 g/mol. The van der Waals surface area contributed by atoms with Gasteiger partial charge >= 0.3 is 0 Å². The second kappa shape index (κ2) is 12.5. The van der Waals surface area contributed by atoms with Gasteiger partial charge < -0.3 is 20.9 Å². The Hall–Kier alpha value is -2.05. The molecule has 1 heterocycles. The van der Waals surface area contributed by atoms with E-state index in [1.165, 1.54) is 0 Å². The largest absolute Gasteiger partial charge is 0.357 e. The van der Waals surface area contributed by atoms with Crippen LogP contribution in [0.5, 0.6) is 0 Å². The Balaban J connectivity index is 0.00000420. The molecule has 1 aromatic carbocycles. The molecule has 1 saturated heterocycles. The SMILES string of the molecule is CCNC(=NCC(=O)Nc1ccc(F)c(F)c1F)NCCCN1CCCC1=O.I. The highest BCUT2D eigenvalue weighted by Gasteiger charge is 2.19. The zero-order chi connectivity index (χ0) is 20.5. The summed E-state index contributed by atoms with van der Waals surface area (Å²) >= 11 is 0. The molecule has 11 heteroatoms. The van der Waals surface area contributed by atoms with Crippen LogP contribution in [0.4, 0.5) is 18.9 Å². The summed E-state index contributed by atoms with van der Waals surface area (Å²) in [5.41, 5.74) is -0.452. The standard InChI is InChI=1S/C18H24F3N5O2.HI/c1-2-22-18(23-8-4-10-26-9-3-5-15(26)28)24-11-14(27)25-13-7-6-12(19)16(20)17(13)21;/h6-7H,2-5,8-11H2,1H3,(H,25,27)(H2,22,23,24);1H. The highest BCUT2D eigenvalue weighted by atomic mass is 127. The molecule has 0 bridgehead atoms. The number of nitrogens with one attached hydrogen (secondary N) is 3. The number of amides is 2. The van der Waals surface area contributed by atoms with Gasteiger partial charge in [-0.05, 0) is 31.9 Å². The molecule has 3 N–H and O–H groups in total. The molecule has 1 aromatic rings. The molecule has 0 spiro atoms. The smallest absolute Gasteiger partial charge is 0.246 e. The molecule has 0 unspecified atom stereocenters. The number of hydrogen-bond acceptors (Lipinski definition) is 3. The molecular weight excluding hydrogens is 502 g/mol. The Kier molecular flexibility index (Phi) is 10.8. The quantitative estimate of drug-likeness (QED) is 0.159. The van der Waals surface area contributed by atoms with Gasteiger partial charge in [0.05, 0.1) is 5.69 Å². The van der Waals surface area contributed by atoms with Gasteiger partial charge in [-0.1, -0.05) is 0 Å². The molecule has 29 heavy (non-hydrogen) atoms. The van der Waals surface area contributed by atoms with Crippen LogP contribution in [0.3, 0.4) is 0 Å². The fraction of sp³-hybridized carbons (Fsp3) is 0.500. The third-order valence-corrected chi connectivity index (χ3v) is 4.10. The van der Waals surface area contributed by atoms with Crippen molar-refractivity contribution in [3.63, 3.8) is 0 Å². The number of rotatable bonds is 8. The first-order valence-corrected chi connectivity index (χ1v) is 9.15. The predicted molar refractivity (Wildman–Crippen MR) is 115 cm³/mol. The summed E-state index contributed by atoms with van der Waals surface area (Å²) in [6.07, 6.45) is 2.22. The number of nitrogens with zero attached hydrogens (tertiary/aromatic N) is 2. The van der Waals surface area contributed by atoms with E-state index in [1.807, 2.05) is 11.8 Å². The van der Waals surface area contributed by atoms with Gasteiger partial charge in [-0.15, -0.1) is 24.0 Å². The first kappa shape index (κ1) is 25.0. The maximum absolute atomic E-state index is 13.6. The van der Waals surface area contributed by atoms with Crippen LogP contribution in [0.2, 0.25) is 0 Å². The van der Waals surface area contributed by atoms with Gasteiger partial charge in [-0.2, -0.15) is 0 Å². The number of benzene rings is 1. The Bertz CT molecular complexity index is 748. The van der Waals surface area contributed by atoms with Crippen molar-refractivity contribution < 1.29 is 22.8 Å². The van der Waals surface area contributed by atoms with Crippen LogP contribution >= 0.6 is 24.0 Å². The van der Waals surface area contributed by atoms with Crippen LogP contribution in [0, 0.1) is 17.5 Å². The lowest BCUT2D eigenvalue weighted by molar-refractivity contribution is -0.127. The molecule has 0 saturated carbocycles. The molecule has 0 aromatic heterocycles. The van der Waals surface area contributed by atoms with E-state index in [0.29, 0.717) is 32.0 Å². The van der Waals surface area contributed by atoms with E-state index in [4.69, 9.17) is 0 Å². The Morgan fingerprint density at radius 2 is 1.97 bits per heavy atom. The first-order chi connectivity index (χ1) is 13.4. The summed E-state index contributed by atoms with van der Waals surface area (Å²) in [7, 11) is 0. The number of anilines is 1. The molecule has 1 aliphatic heterocycles. The maximum Gasteiger partial charge on any atom is 0.246 e. The highest BCUT2D eigenvalue weighted by molar-refractivity contribution is 14.0. The summed E-state index contributed by atoms with van der Waals surface area (Å²) in [6.45, 7) is 4.08. The lowest BCUT2D eigenvalue weighted by Gasteiger charge is -2.16. The van der Waals surface area contributed by atoms with Gasteiger partial charge in [0, 0.05) is 32.6 Å². The number of carbonyl (C=O) groups excluding carboxylic acids is 2. The van der Waals surface area contributed by atoms with Gasteiger partial charge in [0.2, 0.25) is 11.8 Å². The van der Waals surface area contributed by atoms with Crippen molar-refractivity contribution in [2.24, 2.45) is 4.99 Å². The van der Waals surface area contributed by atoms with E-state index < -0.39 is 29.0 Å². The van der Waals surface area contributed by atoms with E-state index in [9.17, 15) is 22.8 Å². The van der Waals surface area contributed by atoms with Gasteiger partial charge in [-0.3, -0.25) is 9.59 Å². The number of likely N-dealkylation sites (tertiary alicyclic amines) is 1. The van der Waals surface area contributed by atoms with Crippen molar-refractivity contribution in [3.05, 3.63) is 29.6 Å². The number of hydrogen-bond donors (Lipinski definition) is 3. The molecule has 0 radical (unpaired) electrons. The lowest BCUT2D eigenvalue weighted by Crippen LogP contribution is -2.39. The summed E-state index contributed by atoms with van der Waals surface area (Å²) in [5, 5.41) is 8.16. The molecule has 1 aliphatic rings. The van der Waals surface area contributed by atoms with Gasteiger partial charge in [0.1, 0.15) is 6.54 Å². The van der Waals surface area contributed by atoms with Crippen molar-refractivity contribution in [1.29, 1.82) is 0 Å². The number of aliphatic imine (C=N–C) groups is 1. The normalized spacial score (nSPS) is 13.9. The maximum atomic E-state index is 13.6. The molecule has 0 aliphatic carbocycles. The Labute approximate surface area is 184 Å². The average molecular weight is 527 g/mol. The zero-order valence-electron chi connectivity index (χ0n) is 16.1. The van der Waals surface area contributed by atoms with Crippen molar-refractivity contribution in [3.8, 4) is 0 Å². The highest BCUT2D eigenvalue weighted by Crippen LogP contribution is 2.19. The van der Waals surface area contributed by atoms with Crippen molar-refractivity contribution >= 4 is 47.4 Å². The zero-order valence-corrected chi connectivity index (χ0v) is 18.4. The molecular formula is C18H25F3IN5O2. The van der Waals surface area contributed by atoms with E-state index in [1.54, 1.807) is 0 Å². The van der Waals surface area contributed by atoms with E-state index in [-0.39, 0.29) is 36.4 Å². The number of carbonyl (C=O) groups is 2. The van der Waals surface area contributed by atoms with Crippen LogP contribution in [-0.4, -0.2) is 55.4 Å². The molecule has 7 nitrogen and oxygen atoms in total. The van der Waals surface area contributed by atoms with E-state index >= 15 is 0 Å². The lowest BCUT2D eigenvalue weighted by atomic mass is 10.3. The Morgan fingerprint density at radius 1 is 1.21 bits per heavy atom. The summed E-state index contributed by atoms with van der Waals surface area (Å²) in [6, 6.07) is 1.67. The van der Waals surface area contributed by atoms with Gasteiger partial charge in [0.15, 0.2) is 23.4 Å². The summed E-state index contributed by atoms with van der Waals surface area (Å²) in [4.78, 5) is 29.3. The minimum absolute atomic E-state index is 0. The van der Waals surface area contributed by atoms with Gasteiger partial charge in [0.25, 0.3) is 0 Å². The fourth-order valence-corrected chi connectivity index (χ4v) is 2.72. The predicted octanol–water partition coefficient (Wildman–Crippen LogP) is 2.23. The minimum Gasteiger partial charge on any atom is -0.357 e. The van der Waals surface area contributed by atoms with Crippen LogP contribution in [0.15, 0.2) is 17.1 Å². The molecule has 2 amide bonds. The fourth-order valence-electron chi connectivity index (χ4n) is 2.72. The molecule has 162 valence electrons. The van der Waals surface area contributed by atoms with E-state index in [0.717, 1.165) is 31.5 Å². The first-order valence-electron chi connectivity index (χ1n) is 9.15. The van der Waals surface area contributed by atoms with Crippen LogP contribution < -0.4 is 16.0 Å². The van der Waals surface area contributed by atoms with Crippen LogP contribution in [0.25, 0.3) is 0 Å². The number of halogens is 4. The van der Waals surface area contributed by atoms with Gasteiger partial charge in [-0.25, -0.2) is 18.2 Å². The Morgan fingerprint density at radius 3 is 2.62 bits per heavy atom. The molecule has 0 atom stereocenters. The van der Waals surface area contributed by atoms with Crippen molar-refractivity contribution in [2.45, 2.75) is 26.2 Å². The summed E-state index contributed by atoms with van der Waals surface area (Å²) in [5.74, 6) is -4.56. The minimum atomic E-state index is -1.65. The third-order valence-electron chi connectivity index (χ3n) is 4.10. The van der Waals surface area contributed by atoms with Crippen molar-refractivity contribution in [2.75, 3.05) is 38.0 Å². The third kappa shape index (κ3) is 7.71. The summed E-state index contributed by atoms with van der Waals surface area (Å²) < 4.78 is 39.7. The van der Waals surface area contributed by atoms with Crippen molar-refractivity contribution in [1.82, 2.24) is 15.5 Å². The second-order valence-electron chi connectivity index (χ2n) is 6.23. The topological polar surface area (TPSA) is 85.8 Å². The average Bonchev–Trinajstić information content (AvgIpc) is 3.08. The van der Waals surface area contributed by atoms with E-state index in [2.05, 4.69) is 20.9 Å². The van der Waals surface area contributed by atoms with Crippen LogP contribution in [-0.2, 0) is 9.59 Å². The van der Waals surface area contributed by atoms with Crippen LogP contribution in [0.1, 0.15) is 26.2 Å². The molecule has 1 fully saturated rings. The number of guanidine groups is 1. The second-order valence-corrected chi connectivity index (χ2v) is 6.23.